The van der Waals surface area contributed by atoms with Crippen LogP contribution in [0.1, 0.15) is 22.8 Å². The number of rotatable bonds is 6. The Morgan fingerprint density at radius 3 is 2.53 bits per heavy atom. The molecule has 0 radical (unpaired) electrons. The zero-order chi connectivity index (χ0) is 26.2. The van der Waals surface area contributed by atoms with Crippen LogP contribution in [0.4, 0.5) is 35.0 Å². The number of halogens is 4. The van der Waals surface area contributed by atoms with Crippen LogP contribution in [0.3, 0.4) is 0 Å². The van der Waals surface area contributed by atoms with E-state index in [0.29, 0.717) is 11.3 Å². The van der Waals surface area contributed by atoms with Crippen LogP contribution in [0.2, 0.25) is 0 Å². The molecule has 188 valence electrons. The molecule has 1 aliphatic heterocycles. The Hall–Kier alpha value is -4.26. The first-order valence-corrected chi connectivity index (χ1v) is 10.5. The first kappa shape index (κ1) is 24.9. The van der Waals surface area contributed by atoms with E-state index in [2.05, 4.69) is 25.7 Å². The molecule has 3 aromatic rings. The van der Waals surface area contributed by atoms with Crippen molar-refractivity contribution >= 4 is 23.4 Å². The van der Waals surface area contributed by atoms with Crippen LogP contribution in [-0.4, -0.2) is 45.4 Å². The normalized spacial score (nSPS) is 15.6. The SMILES string of the molecule is COc1ncc(-c2cnc(Nc3cc(C)cc(F)c3)nc2N2NC(C(F)(F)F)C=C2C)cc1C(=O)O. The summed E-state index contributed by atoms with van der Waals surface area (Å²) >= 11 is 0. The number of hydrogen-bond donors (Lipinski definition) is 3. The molecule has 1 aliphatic rings. The van der Waals surface area contributed by atoms with Crippen LogP contribution in [0.25, 0.3) is 11.1 Å². The summed E-state index contributed by atoms with van der Waals surface area (Å²) in [5, 5.41) is 13.5. The fourth-order valence-electron chi connectivity index (χ4n) is 3.65. The highest BCUT2D eigenvalue weighted by molar-refractivity contribution is 5.92. The van der Waals surface area contributed by atoms with E-state index in [4.69, 9.17) is 4.74 Å². The maximum Gasteiger partial charge on any atom is 0.409 e. The molecule has 4 rings (SSSR count). The Morgan fingerprint density at radius 2 is 1.92 bits per heavy atom. The summed E-state index contributed by atoms with van der Waals surface area (Å²) in [4.78, 5) is 24.2. The third kappa shape index (κ3) is 5.05. The molecule has 3 heterocycles. The minimum Gasteiger partial charge on any atom is -0.480 e. The smallest absolute Gasteiger partial charge is 0.409 e. The number of methoxy groups -OCH3 is 1. The molecule has 2 aromatic heterocycles. The highest BCUT2D eigenvalue weighted by atomic mass is 19.4. The second-order valence-electron chi connectivity index (χ2n) is 7.95. The molecule has 1 unspecified atom stereocenters. The van der Waals surface area contributed by atoms with Crippen molar-refractivity contribution in [1.82, 2.24) is 20.4 Å². The predicted molar refractivity (Wildman–Crippen MR) is 122 cm³/mol. The summed E-state index contributed by atoms with van der Waals surface area (Å²) in [7, 11) is 1.26. The summed E-state index contributed by atoms with van der Waals surface area (Å²) in [6.07, 6.45) is -0.972. The monoisotopic (exact) mass is 504 g/mol. The van der Waals surface area contributed by atoms with E-state index in [9.17, 15) is 27.5 Å². The van der Waals surface area contributed by atoms with E-state index in [1.54, 1.807) is 13.0 Å². The Morgan fingerprint density at radius 1 is 1.17 bits per heavy atom. The lowest BCUT2D eigenvalue weighted by molar-refractivity contribution is -0.142. The molecule has 9 nitrogen and oxygen atoms in total. The van der Waals surface area contributed by atoms with Crippen molar-refractivity contribution in [3.8, 4) is 17.0 Å². The van der Waals surface area contributed by atoms with Crippen molar-refractivity contribution in [3.63, 3.8) is 0 Å². The van der Waals surface area contributed by atoms with Crippen LogP contribution < -0.4 is 20.5 Å². The Kier molecular flexibility index (Phi) is 6.50. The lowest BCUT2D eigenvalue weighted by atomic mass is 10.1. The molecule has 0 spiro atoms. The summed E-state index contributed by atoms with van der Waals surface area (Å²) in [5.74, 6) is -1.97. The number of aryl methyl sites for hydroxylation is 1. The highest BCUT2D eigenvalue weighted by Gasteiger charge is 2.43. The predicted octanol–water partition coefficient (Wildman–Crippen LogP) is 4.60. The number of hydrazine groups is 1. The molecule has 0 amide bonds. The molecule has 0 bridgehead atoms. The van der Waals surface area contributed by atoms with Gasteiger partial charge in [0.25, 0.3) is 0 Å². The van der Waals surface area contributed by atoms with Gasteiger partial charge in [-0.15, -0.1) is 0 Å². The number of nitrogens with one attached hydrogen (secondary N) is 2. The van der Waals surface area contributed by atoms with E-state index in [-0.39, 0.29) is 40.0 Å². The molecule has 36 heavy (non-hydrogen) atoms. The maximum absolute atomic E-state index is 13.8. The lowest BCUT2D eigenvalue weighted by Crippen LogP contribution is -2.45. The minimum atomic E-state index is -4.57. The van der Waals surface area contributed by atoms with Gasteiger partial charge >= 0.3 is 12.1 Å². The number of allylic oxidation sites excluding steroid dienone is 1. The topological polar surface area (TPSA) is 113 Å². The van der Waals surface area contributed by atoms with Crippen LogP contribution in [-0.2, 0) is 0 Å². The van der Waals surface area contributed by atoms with Gasteiger partial charge < -0.3 is 15.2 Å². The Labute approximate surface area is 202 Å². The van der Waals surface area contributed by atoms with E-state index in [1.165, 1.54) is 44.6 Å². The molecule has 0 aliphatic carbocycles. The van der Waals surface area contributed by atoms with Gasteiger partial charge in [-0.05, 0) is 49.8 Å². The fourth-order valence-corrected chi connectivity index (χ4v) is 3.65. The third-order valence-electron chi connectivity index (χ3n) is 5.25. The first-order valence-electron chi connectivity index (χ1n) is 10.5. The number of benzene rings is 1. The van der Waals surface area contributed by atoms with Gasteiger partial charge in [-0.1, -0.05) is 0 Å². The molecule has 0 saturated carbocycles. The number of hydrogen-bond acceptors (Lipinski definition) is 8. The number of pyridine rings is 1. The summed E-state index contributed by atoms with van der Waals surface area (Å²) < 4.78 is 59.0. The number of nitrogens with zero attached hydrogens (tertiary/aromatic N) is 4. The van der Waals surface area contributed by atoms with Crippen LogP contribution in [0.15, 0.2) is 48.4 Å². The standard InChI is InChI=1S/C23H20F4N6O3/c1-11-4-14(24)8-15(5-11)30-22-29-10-17(13-7-16(21(34)35)20(36-3)28-9-13)19(31-22)33-12(2)6-18(32-33)23(25,26)27/h4-10,18,32H,1-3H3,(H,34,35)(H,29,30,31). The van der Waals surface area contributed by atoms with Crippen molar-refractivity contribution < 1.29 is 32.2 Å². The molecule has 3 N–H and O–H groups in total. The summed E-state index contributed by atoms with van der Waals surface area (Å²) in [6.45, 7) is 3.16. The number of carboxylic acids is 1. The highest BCUT2D eigenvalue weighted by Crippen LogP contribution is 2.36. The maximum atomic E-state index is 13.8. The molecular formula is C23H20F4N6O3. The largest absolute Gasteiger partial charge is 0.480 e. The zero-order valence-electron chi connectivity index (χ0n) is 19.2. The van der Waals surface area contributed by atoms with Gasteiger partial charge in [0.05, 0.1) is 7.11 Å². The first-order chi connectivity index (χ1) is 17.0. The second-order valence-corrected chi connectivity index (χ2v) is 7.95. The van der Waals surface area contributed by atoms with Crippen molar-refractivity contribution in [3.05, 3.63) is 65.4 Å². The summed E-state index contributed by atoms with van der Waals surface area (Å²) in [6, 6.07) is 3.49. The van der Waals surface area contributed by atoms with Crippen molar-refractivity contribution in [2.75, 3.05) is 17.4 Å². The van der Waals surface area contributed by atoms with Gasteiger partial charge in [-0.2, -0.15) is 18.2 Å². The zero-order valence-corrected chi connectivity index (χ0v) is 19.2. The van der Waals surface area contributed by atoms with Gasteiger partial charge in [0.15, 0.2) is 5.82 Å². The molecule has 1 aromatic carbocycles. The van der Waals surface area contributed by atoms with Crippen LogP contribution in [0, 0.1) is 12.7 Å². The fraction of sp³-hybridized carbons (Fsp3) is 0.217. The Bertz CT molecular complexity index is 1340. The van der Waals surface area contributed by atoms with Gasteiger partial charge in [0, 0.05) is 34.9 Å². The average molecular weight is 504 g/mol. The number of aromatic carboxylic acids is 1. The van der Waals surface area contributed by atoms with Gasteiger partial charge in [-0.3, -0.25) is 5.01 Å². The van der Waals surface area contributed by atoms with Crippen molar-refractivity contribution in [2.24, 2.45) is 0 Å². The number of alkyl halides is 3. The van der Waals surface area contributed by atoms with Gasteiger partial charge in [0.1, 0.15) is 17.4 Å². The lowest BCUT2D eigenvalue weighted by Gasteiger charge is -2.25. The van der Waals surface area contributed by atoms with Crippen LogP contribution in [0.5, 0.6) is 5.88 Å². The Balaban J connectivity index is 1.82. The number of aromatic nitrogens is 3. The number of carbonyl (C=O) groups is 1. The average Bonchev–Trinajstić information content (AvgIpc) is 3.20. The number of ether oxygens (including phenoxy) is 1. The van der Waals surface area contributed by atoms with Crippen LogP contribution >= 0.6 is 0 Å². The van der Waals surface area contributed by atoms with E-state index in [0.717, 1.165) is 11.1 Å². The molecule has 0 saturated heterocycles. The van der Waals surface area contributed by atoms with Crippen molar-refractivity contribution in [2.45, 2.75) is 26.1 Å². The molecule has 0 fully saturated rings. The van der Waals surface area contributed by atoms with E-state index in [1.807, 2.05) is 0 Å². The molecule has 1 atom stereocenters. The van der Waals surface area contributed by atoms with Gasteiger partial charge in [0.2, 0.25) is 11.8 Å². The van der Waals surface area contributed by atoms with E-state index >= 15 is 0 Å². The van der Waals surface area contributed by atoms with E-state index < -0.39 is 24.0 Å². The van der Waals surface area contributed by atoms with Gasteiger partial charge in [-0.25, -0.2) is 24.6 Å². The molecule has 13 heteroatoms. The third-order valence-corrected chi connectivity index (χ3v) is 5.25. The quantitative estimate of drug-likeness (QED) is 0.415. The number of anilines is 3. The summed E-state index contributed by atoms with van der Waals surface area (Å²) in [5.41, 5.74) is 3.68. The number of carboxylic acid groups (broad SMARTS) is 1. The minimum absolute atomic E-state index is 0.00979. The second kappa shape index (κ2) is 9.41. The molecular weight excluding hydrogens is 484 g/mol. The van der Waals surface area contributed by atoms with Crippen molar-refractivity contribution in [1.29, 1.82) is 0 Å².